The lowest BCUT2D eigenvalue weighted by Crippen LogP contribution is -2.44. The smallest absolute Gasteiger partial charge is 0.163 e. The third-order valence-electron chi connectivity index (χ3n) is 11.0. The molecule has 1 aromatic heterocycles. The van der Waals surface area contributed by atoms with Crippen molar-refractivity contribution in [2.24, 2.45) is 0 Å². The first-order chi connectivity index (χ1) is 27.8. The van der Waals surface area contributed by atoms with Gasteiger partial charge in [-0.25, -0.2) is 0 Å². The summed E-state index contributed by atoms with van der Waals surface area (Å²) in [6, 6.07) is 30.5. The lowest BCUT2D eigenvalue weighted by atomic mass is 9.93. The summed E-state index contributed by atoms with van der Waals surface area (Å²) in [5.41, 5.74) is 10.7. The van der Waals surface area contributed by atoms with E-state index in [-0.39, 0.29) is 5.78 Å². The highest BCUT2D eigenvalue weighted by Crippen LogP contribution is 2.38. The predicted octanol–water partition coefficient (Wildman–Crippen LogP) is 10.6. The molecule has 0 spiro atoms. The number of likely N-dealkylation sites (tertiary alicyclic amines) is 1. The van der Waals surface area contributed by atoms with E-state index in [0.29, 0.717) is 24.0 Å². The largest absolute Gasteiger partial charge is 0.496 e. The Hall–Kier alpha value is -5.34. The van der Waals surface area contributed by atoms with Gasteiger partial charge in [0.25, 0.3) is 0 Å². The monoisotopic (exact) mass is 769 g/mol. The van der Waals surface area contributed by atoms with E-state index < -0.39 is 0 Å². The number of aryl methyl sites for hydroxylation is 2. The normalized spacial score (nSPS) is 13.3. The molecule has 0 atom stereocenters. The minimum atomic E-state index is 0.0427. The Morgan fingerprint density at radius 2 is 1.46 bits per heavy atom. The van der Waals surface area contributed by atoms with Gasteiger partial charge in [-0.15, -0.1) is 0 Å². The van der Waals surface area contributed by atoms with Crippen LogP contribution < -0.4 is 23.8 Å². The number of nitrogens with zero attached hydrogens (tertiary/aromatic N) is 3. The number of methoxy groups -OCH3 is 3. The van der Waals surface area contributed by atoms with E-state index in [1.54, 1.807) is 28.3 Å². The number of piperidine rings is 1. The number of ether oxygens (including phenoxy) is 4. The second kappa shape index (κ2) is 19.7. The molecule has 2 heterocycles. The van der Waals surface area contributed by atoms with Crippen LogP contribution in [0, 0.1) is 0 Å². The highest BCUT2D eigenvalue weighted by atomic mass is 16.5. The van der Waals surface area contributed by atoms with Gasteiger partial charge in [0.05, 0.1) is 39.2 Å². The Morgan fingerprint density at radius 3 is 2.12 bits per heavy atom. The number of benzene rings is 4. The van der Waals surface area contributed by atoms with Crippen LogP contribution in [-0.2, 0) is 25.9 Å². The topological polar surface area (TPSA) is 73.4 Å². The quantitative estimate of drug-likeness (QED) is 0.0816. The molecule has 1 fully saturated rings. The Balaban J connectivity index is 1.21. The van der Waals surface area contributed by atoms with Gasteiger partial charge in [-0.1, -0.05) is 51.0 Å². The predicted molar refractivity (Wildman–Crippen MR) is 231 cm³/mol. The van der Waals surface area contributed by atoms with E-state index in [4.69, 9.17) is 23.9 Å². The molecule has 1 aliphatic rings. The molecule has 8 heteroatoms. The second-order valence-corrected chi connectivity index (χ2v) is 15.0. The highest BCUT2D eigenvalue weighted by Gasteiger charge is 2.26. The lowest BCUT2D eigenvalue weighted by molar-refractivity contribution is 0.101. The number of aromatic nitrogens is 1. The Bertz CT molecular complexity index is 2110. The Kier molecular flexibility index (Phi) is 14.3. The first-order valence-electron chi connectivity index (χ1n) is 20.5. The van der Waals surface area contributed by atoms with Crippen molar-refractivity contribution >= 4 is 11.5 Å². The summed E-state index contributed by atoms with van der Waals surface area (Å²) < 4.78 is 23.0. The van der Waals surface area contributed by atoms with Gasteiger partial charge in [-0.05, 0) is 134 Å². The molecule has 1 aliphatic heterocycles. The minimum absolute atomic E-state index is 0.0427. The number of pyridine rings is 1. The zero-order valence-electron chi connectivity index (χ0n) is 34.9. The number of ketones is 1. The van der Waals surface area contributed by atoms with Crippen LogP contribution in [0.3, 0.4) is 0 Å². The molecule has 0 amide bonds. The van der Waals surface area contributed by atoms with E-state index in [1.165, 1.54) is 16.8 Å². The van der Waals surface area contributed by atoms with Gasteiger partial charge in [0.1, 0.15) is 11.5 Å². The molecule has 5 aromatic rings. The summed E-state index contributed by atoms with van der Waals surface area (Å²) >= 11 is 0. The Morgan fingerprint density at radius 1 is 0.754 bits per heavy atom. The van der Waals surface area contributed by atoms with E-state index >= 15 is 0 Å². The van der Waals surface area contributed by atoms with E-state index in [1.807, 2.05) is 25.3 Å². The van der Waals surface area contributed by atoms with Crippen molar-refractivity contribution in [1.29, 1.82) is 0 Å². The zero-order chi connectivity index (χ0) is 40.3. The van der Waals surface area contributed by atoms with E-state index in [2.05, 4.69) is 96.4 Å². The molecule has 0 radical (unpaired) electrons. The van der Waals surface area contributed by atoms with E-state index in [9.17, 15) is 4.79 Å². The van der Waals surface area contributed by atoms with Gasteiger partial charge in [0, 0.05) is 49.7 Å². The molecule has 0 N–H and O–H groups in total. The number of hydrogen-bond acceptors (Lipinski definition) is 8. The molecule has 300 valence electrons. The molecule has 0 saturated carbocycles. The van der Waals surface area contributed by atoms with Gasteiger partial charge in [-0.2, -0.15) is 0 Å². The first kappa shape index (κ1) is 41.3. The van der Waals surface area contributed by atoms with Crippen LogP contribution in [0.25, 0.3) is 22.4 Å². The minimum Gasteiger partial charge on any atom is -0.496 e. The molecule has 0 unspecified atom stereocenters. The van der Waals surface area contributed by atoms with Crippen molar-refractivity contribution in [1.82, 2.24) is 9.88 Å². The van der Waals surface area contributed by atoms with E-state index in [0.717, 1.165) is 115 Å². The second-order valence-electron chi connectivity index (χ2n) is 15.0. The fourth-order valence-electron chi connectivity index (χ4n) is 8.27. The van der Waals surface area contributed by atoms with Crippen LogP contribution in [0.5, 0.6) is 23.0 Å². The number of carbonyl (C=O) groups is 1. The van der Waals surface area contributed by atoms with Gasteiger partial charge in [0.15, 0.2) is 17.3 Å². The maximum Gasteiger partial charge on any atom is 0.163 e. The van der Waals surface area contributed by atoms with Crippen molar-refractivity contribution in [3.8, 4) is 45.4 Å². The summed E-state index contributed by atoms with van der Waals surface area (Å²) in [6.07, 6.45) is 7.71. The van der Waals surface area contributed by atoms with Gasteiger partial charge in [-0.3, -0.25) is 14.7 Å². The third-order valence-corrected chi connectivity index (χ3v) is 11.0. The fourth-order valence-corrected chi connectivity index (χ4v) is 8.27. The van der Waals surface area contributed by atoms with Crippen LogP contribution in [0.15, 0.2) is 91.1 Å². The molecule has 0 bridgehead atoms. The summed E-state index contributed by atoms with van der Waals surface area (Å²) in [5, 5.41) is 0. The average Bonchev–Trinajstić information content (AvgIpc) is 3.23. The number of hydrogen-bond donors (Lipinski definition) is 0. The molecule has 8 nitrogen and oxygen atoms in total. The first-order valence-corrected chi connectivity index (χ1v) is 20.5. The van der Waals surface area contributed by atoms with Crippen LogP contribution in [0.2, 0.25) is 0 Å². The SMILES string of the molecule is CCCc1cc(-c2cc(CN(c3ccc(OCC)cc3)C3CCN(Cc4cccc(-c5cc(CCC)c(C(C)=O)c(OC)c5)c4)CC3)ccn2)cc(OC)c1OC. The lowest BCUT2D eigenvalue weighted by Gasteiger charge is -2.40. The van der Waals surface area contributed by atoms with Crippen LogP contribution in [0.1, 0.15) is 86.0 Å². The number of anilines is 1. The summed E-state index contributed by atoms with van der Waals surface area (Å²) in [6.45, 7) is 12.2. The van der Waals surface area contributed by atoms with Gasteiger partial charge in [0.2, 0.25) is 0 Å². The van der Waals surface area contributed by atoms with Crippen molar-refractivity contribution in [3.05, 3.63) is 119 Å². The van der Waals surface area contributed by atoms with Crippen molar-refractivity contribution < 1.29 is 23.7 Å². The Labute approximate surface area is 339 Å². The molecule has 1 saturated heterocycles. The highest BCUT2D eigenvalue weighted by molar-refractivity contribution is 5.99. The fraction of sp³-hybridized carbons (Fsp3) is 0.388. The molecule has 57 heavy (non-hydrogen) atoms. The number of Topliss-reactive ketones (excluding diaryl/α,β-unsaturated/α-hetero) is 1. The standard InChI is InChI=1S/C49H59N3O5/c1-8-12-38-28-40(30-46(54-5)48(38)34(4)53)37-15-11-14-35(26-37)32-51-24-21-43(22-25-51)52(42-16-18-44(19-17-42)57-10-3)33-36-20-23-50-45(27-36)41-29-39(13-9-2)49(56-7)47(31-41)55-6/h11,14-20,23,26-31,43H,8-10,12-13,21-22,24-25,32-33H2,1-7H3. The third kappa shape index (κ3) is 9.98. The average molecular weight is 770 g/mol. The maximum atomic E-state index is 12.5. The van der Waals surface area contributed by atoms with Gasteiger partial charge >= 0.3 is 0 Å². The summed E-state index contributed by atoms with van der Waals surface area (Å²) in [5.74, 6) is 3.10. The van der Waals surface area contributed by atoms with Crippen LogP contribution >= 0.6 is 0 Å². The molecular formula is C49H59N3O5. The van der Waals surface area contributed by atoms with Crippen LogP contribution in [-0.4, -0.2) is 62.7 Å². The van der Waals surface area contributed by atoms with Crippen molar-refractivity contribution in [2.75, 3.05) is 45.9 Å². The molecule has 6 rings (SSSR count). The maximum absolute atomic E-state index is 12.5. The number of rotatable bonds is 18. The summed E-state index contributed by atoms with van der Waals surface area (Å²) in [4.78, 5) is 22.5. The zero-order valence-corrected chi connectivity index (χ0v) is 34.9. The molecular weight excluding hydrogens is 711 g/mol. The van der Waals surface area contributed by atoms with Crippen molar-refractivity contribution in [3.63, 3.8) is 0 Å². The number of carbonyl (C=O) groups excluding carboxylic acids is 1. The van der Waals surface area contributed by atoms with Crippen LogP contribution in [0.4, 0.5) is 5.69 Å². The molecule has 4 aromatic carbocycles. The van der Waals surface area contributed by atoms with Gasteiger partial charge < -0.3 is 23.8 Å². The van der Waals surface area contributed by atoms with Crippen molar-refractivity contribution in [2.45, 2.75) is 85.4 Å². The summed E-state index contributed by atoms with van der Waals surface area (Å²) in [7, 11) is 5.04. The molecule has 0 aliphatic carbocycles.